The summed E-state index contributed by atoms with van der Waals surface area (Å²) in [6.45, 7) is 3.36. The minimum Gasteiger partial charge on any atom is -0.462 e. The van der Waals surface area contributed by atoms with Crippen molar-refractivity contribution in [2.75, 3.05) is 13.2 Å². The van der Waals surface area contributed by atoms with Gasteiger partial charge in [-0.15, -0.1) is 0 Å². The summed E-state index contributed by atoms with van der Waals surface area (Å²) in [5.41, 5.74) is 0. The summed E-state index contributed by atoms with van der Waals surface area (Å²) in [6, 6.07) is 0. The van der Waals surface area contributed by atoms with Crippen LogP contribution in [0.25, 0.3) is 0 Å². The molecule has 5 N–H and O–H groups in total. The van der Waals surface area contributed by atoms with Crippen molar-refractivity contribution in [2.24, 2.45) is 11.8 Å². The molecule has 0 aromatic carbocycles. The van der Waals surface area contributed by atoms with Crippen LogP contribution in [-0.4, -0.2) is 74.7 Å². The maximum absolute atomic E-state index is 12.4. The molecule has 1 saturated carbocycles. The topological polar surface area (TPSA) is 180 Å². The molecule has 0 heterocycles. The number of hydrogen-bond donors (Lipinski definition) is 5. The quantitative estimate of drug-likeness (QED) is 0.0187. The Morgan fingerprint density at radius 3 is 1.94 bits per heavy atom. The van der Waals surface area contributed by atoms with Crippen molar-refractivity contribution in [3.63, 3.8) is 0 Å². The first-order valence-corrected chi connectivity index (χ1v) is 22.1. The monoisotopic (exact) mass is 772 g/mol. The Morgan fingerprint density at radius 1 is 0.717 bits per heavy atom. The fourth-order valence-electron chi connectivity index (χ4n) is 6.54. The number of hydrogen-bond acceptors (Lipinski definition) is 9. The number of rotatable bonds is 33. The number of unbranched alkanes of at least 4 members (excludes halogenated alkanes) is 14. The van der Waals surface area contributed by atoms with E-state index < -0.39 is 50.8 Å². The maximum atomic E-state index is 12.4. The highest BCUT2D eigenvalue weighted by Gasteiger charge is 2.39. The van der Waals surface area contributed by atoms with Crippen LogP contribution in [0.15, 0.2) is 36.5 Å². The highest BCUT2D eigenvalue weighted by molar-refractivity contribution is 7.46. The van der Waals surface area contributed by atoms with Gasteiger partial charge < -0.3 is 34.6 Å². The Bertz CT molecular complexity index is 1070. The lowest BCUT2D eigenvalue weighted by molar-refractivity contribution is -0.161. The second kappa shape index (κ2) is 31.4. The molecule has 1 aliphatic rings. The Kier molecular flexibility index (Phi) is 29.1. The number of ether oxygens (including phenoxy) is 2. The number of phosphoric acid groups is 1. The SMILES string of the molecule is CCCCCC/C=C\CCCCCCCCCC(=O)O[C@H](COC(=O)CCC/C=C/C[C@@H]1[C@@H](/C=C/[C@@H](O)CCCCC)[C@H](O)C[C@@H]1O)COP(=O)(O)O. The van der Waals surface area contributed by atoms with Crippen LogP contribution in [0.3, 0.4) is 0 Å². The molecule has 1 fully saturated rings. The van der Waals surface area contributed by atoms with Crippen molar-refractivity contribution >= 4 is 19.8 Å². The van der Waals surface area contributed by atoms with E-state index in [0.717, 1.165) is 51.4 Å². The van der Waals surface area contributed by atoms with Crippen molar-refractivity contribution in [3.8, 4) is 0 Å². The molecule has 0 bridgehead atoms. The van der Waals surface area contributed by atoms with Crippen molar-refractivity contribution in [1.29, 1.82) is 0 Å². The molecule has 12 heteroatoms. The second-order valence-electron chi connectivity index (χ2n) is 14.6. The van der Waals surface area contributed by atoms with Crippen LogP contribution in [0.5, 0.6) is 0 Å². The highest BCUT2D eigenvalue weighted by Crippen LogP contribution is 2.37. The molecule has 0 unspecified atom stereocenters. The number of carbonyl (C=O) groups is 2. The normalized spacial score (nSPS) is 20.5. The van der Waals surface area contributed by atoms with Crippen LogP contribution >= 0.6 is 7.82 Å². The molecule has 0 amide bonds. The third-order valence-corrected chi connectivity index (χ3v) is 10.2. The summed E-state index contributed by atoms with van der Waals surface area (Å²) in [7, 11) is -4.81. The predicted octanol–water partition coefficient (Wildman–Crippen LogP) is 8.56. The summed E-state index contributed by atoms with van der Waals surface area (Å²) in [6.07, 6.45) is 29.6. The minimum absolute atomic E-state index is 0.0895. The highest BCUT2D eigenvalue weighted by atomic mass is 31.2. The average Bonchev–Trinajstić information content (AvgIpc) is 3.38. The first-order chi connectivity index (χ1) is 25.5. The predicted molar refractivity (Wildman–Crippen MR) is 209 cm³/mol. The fourth-order valence-corrected chi connectivity index (χ4v) is 6.90. The number of phosphoric ester groups is 1. The van der Waals surface area contributed by atoms with Gasteiger partial charge in [0, 0.05) is 25.2 Å². The molecule has 11 nitrogen and oxygen atoms in total. The van der Waals surface area contributed by atoms with Gasteiger partial charge in [0.05, 0.1) is 24.9 Å². The molecule has 308 valence electrons. The van der Waals surface area contributed by atoms with Crippen molar-refractivity contribution in [2.45, 2.75) is 186 Å². The van der Waals surface area contributed by atoms with Crippen LogP contribution in [0.2, 0.25) is 0 Å². The number of carbonyl (C=O) groups excluding carboxylic acids is 2. The third-order valence-electron chi connectivity index (χ3n) is 9.70. The molecule has 1 aliphatic carbocycles. The van der Waals surface area contributed by atoms with E-state index in [-0.39, 0.29) is 31.3 Å². The first-order valence-electron chi connectivity index (χ1n) is 20.5. The summed E-state index contributed by atoms with van der Waals surface area (Å²) in [4.78, 5) is 43.0. The lowest BCUT2D eigenvalue weighted by Gasteiger charge is -2.19. The molecule has 0 aliphatic heterocycles. The smallest absolute Gasteiger partial charge is 0.462 e. The van der Waals surface area contributed by atoms with Gasteiger partial charge in [-0.2, -0.15) is 0 Å². The average molecular weight is 773 g/mol. The van der Waals surface area contributed by atoms with E-state index in [2.05, 4.69) is 30.5 Å². The van der Waals surface area contributed by atoms with Crippen LogP contribution < -0.4 is 0 Å². The zero-order chi connectivity index (χ0) is 39.2. The molecule has 0 aromatic heterocycles. The Balaban J connectivity index is 2.31. The zero-order valence-electron chi connectivity index (χ0n) is 32.7. The van der Waals surface area contributed by atoms with Crippen molar-refractivity contribution < 1.29 is 53.3 Å². The standard InChI is InChI=1S/C41H73O11P/c1-3-5-7-8-9-10-11-12-13-14-15-16-17-18-24-28-41(46)52-35(33-51-53(47,48)49)32-50-40(45)27-23-20-19-22-26-36-37(39(44)31-38(36)43)30-29-34(42)25-21-6-4-2/h10-11,19,22,29-30,34-39,42-44H,3-9,12-18,20-21,23-28,31-33H2,1-2H3,(H2,47,48,49)/b11-10-,22-19+,30-29+/t34-,35+,36+,37+,38-,39+/m0/s1. The zero-order valence-corrected chi connectivity index (χ0v) is 33.6. The van der Waals surface area contributed by atoms with Gasteiger partial charge in [0.25, 0.3) is 0 Å². The molecule has 1 rings (SSSR count). The Labute approximate surface area is 319 Å². The molecular weight excluding hydrogens is 699 g/mol. The van der Waals surface area contributed by atoms with Gasteiger partial charge in [-0.05, 0) is 63.7 Å². The summed E-state index contributed by atoms with van der Waals surface area (Å²) in [5, 5.41) is 31.2. The Morgan fingerprint density at radius 2 is 1.28 bits per heavy atom. The van der Waals surface area contributed by atoms with Gasteiger partial charge in [-0.25, -0.2) is 4.57 Å². The minimum atomic E-state index is -4.81. The maximum Gasteiger partial charge on any atom is 0.469 e. The van der Waals surface area contributed by atoms with E-state index in [1.807, 2.05) is 18.2 Å². The van der Waals surface area contributed by atoms with Crippen molar-refractivity contribution in [1.82, 2.24) is 0 Å². The van der Waals surface area contributed by atoms with Crippen LogP contribution in [0, 0.1) is 11.8 Å². The van der Waals surface area contributed by atoms with Crippen LogP contribution in [-0.2, 0) is 28.2 Å². The molecular formula is C41H73O11P. The van der Waals surface area contributed by atoms with E-state index in [4.69, 9.17) is 19.3 Å². The largest absolute Gasteiger partial charge is 0.469 e. The van der Waals surface area contributed by atoms with E-state index in [1.54, 1.807) is 6.08 Å². The van der Waals surface area contributed by atoms with Gasteiger partial charge in [-0.1, -0.05) is 121 Å². The number of aliphatic hydroxyl groups excluding tert-OH is 3. The van der Waals surface area contributed by atoms with Gasteiger partial charge in [0.15, 0.2) is 6.10 Å². The molecule has 6 atom stereocenters. The van der Waals surface area contributed by atoms with Gasteiger partial charge in [0.1, 0.15) is 6.61 Å². The number of aliphatic hydroxyl groups is 3. The summed E-state index contributed by atoms with van der Waals surface area (Å²) < 4.78 is 26.3. The van der Waals surface area contributed by atoms with E-state index in [1.165, 1.54) is 44.9 Å². The molecule has 0 spiro atoms. The molecule has 0 aromatic rings. The lowest BCUT2D eigenvalue weighted by Crippen LogP contribution is -2.29. The summed E-state index contributed by atoms with van der Waals surface area (Å²) >= 11 is 0. The van der Waals surface area contributed by atoms with Crippen LogP contribution in [0.1, 0.15) is 162 Å². The van der Waals surface area contributed by atoms with E-state index >= 15 is 0 Å². The fraction of sp³-hybridized carbons (Fsp3) is 0.805. The van der Waals surface area contributed by atoms with Gasteiger partial charge >= 0.3 is 19.8 Å². The first kappa shape index (κ1) is 49.2. The van der Waals surface area contributed by atoms with Crippen LogP contribution in [0.4, 0.5) is 0 Å². The second-order valence-corrected chi connectivity index (χ2v) is 15.8. The third kappa shape index (κ3) is 27.4. The van der Waals surface area contributed by atoms with E-state index in [0.29, 0.717) is 38.5 Å². The number of esters is 2. The molecule has 53 heavy (non-hydrogen) atoms. The number of allylic oxidation sites excluding steroid dienone is 4. The molecule has 0 saturated heterocycles. The van der Waals surface area contributed by atoms with Crippen molar-refractivity contribution in [3.05, 3.63) is 36.5 Å². The lowest BCUT2D eigenvalue weighted by atomic mass is 9.89. The Hall–Kier alpha value is -1.85. The summed E-state index contributed by atoms with van der Waals surface area (Å²) in [5.74, 6) is -1.49. The van der Waals surface area contributed by atoms with Gasteiger partial charge in [-0.3, -0.25) is 14.1 Å². The van der Waals surface area contributed by atoms with Gasteiger partial charge in [0.2, 0.25) is 0 Å². The van der Waals surface area contributed by atoms with E-state index in [9.17, 15) is 29.5 Å². The molecule has 0 radical (unpaired) electrons.